The van der Waals surface area contributed by atoms with Gasteiger partial charge in [-0.2, -0.15) is 4.31 Å². The van der Waals surface area contributed by atoms with Crippen LogP contribution in [0.25, 0.3) is 0 Å². The molecule has 0 unspecified atom stereocenters. The highest BCUT2D eigenvalue weighted by molar-refractivity contribution is 7.89. The van der Waals surface area contributed by atoms with Crippen LogP contribution in [0.1, 0.15) is 5.56 Å². The maximum atomic E-state index is 12.7. The van der Waals surface area contributed by atoms with Gasteiger partial charge in [0.2, 0.25) is 10.0 Å². The highest BCUT2D eigenvalue weighted by Crippen LogP contribution is 2.32. The predicted molar refractivity (Wildman–Crippen MR) is 89.8 cm³/mol. The van der Waals surface area contributed by atoms with Crippen LogP contribution in [-0.2, 0) is 16.6 Å². The number of alkyl halides is 3. The fourth-order valence-electron chi connectivity index (χ4n) is 2.24. The van der Waals surface area contributed by atoms with Gasteiger partial charge >= 0.3 is 6.36 Å². The average molecular weight is 410 g/mol. The molecule has 26 heavy (non-hydrogen) atoms. The lowest BCUT2D eigenvalue weighted by atomic mass is 10.2. The van der Waals surface area contributed by atoms with Crippen LogP contribution in [0.2, 0.25) is 5.02 Å². The van der Waals surface area contributed by atoms with Crippen LogP contribution in [0.5, 0.6) is 11.5 Å². The number of sulfonamides is 1. The summed E-state index contributed by atoms with van der Waals surface area (Å²) in [5, 5.41) is 0.368. The SMILES string of the molecule is COc1ccc(Cl)cc1CN(C)S(=O)(=O)c1ccccc1OC(F)(F)F. The summed E-state index contributed by atoms with van der Waals surface area (Å²) in [7, 11) is -1.62. The first-order chi connectivity index (χ1) is 12.0. The Kier molecular flexibility index (Phi) is 6.05. The van der Waals surface area contributed by atoms with E-state index in [1.165, 1.54) is 32.4 Å². The Morgan fingerprint density at radius 3 is 2.38 bits per heavy atom. The van der Waals surface area contributed by atoms with Crippen molar-refractivity contribution in [2.75, 3.05) is 14.2 Å². The molecule has 0 atom stereocenters. The zero-order valence-corrected chi connectivity index (χ0v) is 15.3. The zero-order chi connectivity index (χ0) is 19.5. The molecule has 2 rings (SSSR count). The number of rotatable bonds is 6. The Hall–Kier alpha value is -1.97. The van der Waals surface area contributed by atoms with Gasteiger partial charge in [-0.3, -0.25) is 0 Å². The molecule has 0 saturated heterocycles. The van der Waals surface area contributed by atoms with Crippen LogP contribution in [0, 0.1) is 0 Å². The third-order valence-corrected chi connectivity index (χ3v) is 5.48. The fourth-order valence-corrected chi connectivity index (χ4v) is 3.69. The van der Waals surface area contributed by atoms with Crippen LogP contribution >= 0.6 is 11.6 Å². The first-order valence-corrected chi connectivity index (χ1v) is 9.00. The quantitative estimate of drug-likeness (QED) is 0.721. The van der Waals surface area contributed by atoms with Crippen molar-refractivity contribution in [3.63, 3.8) is 0 Å². The summed E-state index contributed by atoms with van der Waals surface area (Å²) < 4.78 is 73.0. The van der Waals surface area contributed by atoms with Crippen molar-refractivity contribution >= 4 is 21.6 Å². The van der Waals surface area contributed by atoms with Gasteiger partial charge in [-0.1, -0.05) is 23.7 Å². The summed E-state index contributed by atoms with van der Waals surface area (Å²) in [6.07, 6.45) is -5.01. The second-order valence-corrected chi connectivity index (χ2v) is 7.66. The third-order valence-electron chi connectivity index (χ3n) is 3.40. The molecule has 0 radical (unpaired) electrons. The van der Waals surface area contributed by atoms with Crippen LogP contribution in [0.15, 0.2) is 47.4 Å². The largest absolute Gasteiger partial charge is 0.573 e. The van der Waals surface area contributed by atoms with E-state index in [2.05, 4.69) is 4.74 Å². The van der Waals surface area contributed by atoms with E-state index in [-0.39, 0.29) is 6.54 Å². The van der Waals surface area contributed by atoms with E-state index in [0.29, 0.717) is 16.3 Å². The van der Waals surface area contributed by atoms with Gasteiger partial charge in [-0.05, 0) is 30.3 Å². The van der Waals surface area contributed by atoms with Gasteiger partial charge in [-0.25, -0.2) is 8.42 Å². The molecular weight excluding hydrogens is 395 g/mol. The molecule has 0 aromatic heterocycles. The van der Waals surface area contributed by atoms with E-state index in [0.717, 1.165) is 16.4 Å². The minimum absolute atomic E-state index is 0.160. The molecular formula is C16H15ClF3NO4S. The maximum Gasteiger partial charge on any atom is 0.573 e. The Labute approximate surface area is 153 Å². The molecule has 2 aromatic carbocycles. The standard InChI is InChI=1S/C16H15ClF3NO4S/c1-21(10-11-9-12(17)7-8-13(11)24-2)26(22,23)15-6-4-3-5-14(15)25-16(18,19)20/h3-9H,10H2,1-2H3. The molecule has 0 aliphatic carbocycles. The maximum absolute atomic E-state index is 12.7. The molecule has 0 aliphatic heterocycles. The number of ether oxygens (including phenoxy) is 2. The van der Waals surface area contributed by atoms with Crippen molar-refractivity contribution in [2.24, 2.45) is 0 Å². The first kappa shape index (κ1) is 20.3. The zero-order valence-electron chi connectivity index (χ0n) is 13.7. The third kappa shape index (κ3) is 4.80. The monoisotopic (exact) mass is 409 g/mol. The molecule has 0 fully saturated rings. The minimum Gasteiger partial charge on any atom is -0.496 e. The molecule has 0 aliphatic rings. The van der Waals surface area contributed by atoms with Gasteiger partial charge in [0.25, 0.3) is 0 Å². The van der Waals surface area contributed by atoms with Crippen LogP contribution in [0.3, 0.4) is 0 Å². The lowest BCUT2D eigenvalue weighted by Crippen LogP contribution is -2.28. The van der Waals surface area contributed by atoms with Crippen LogP contribution < -0.4 is 9.47 Å². The summed E-state index contributed by atoms with van der Waals surface area (Å²) in [4.78, 5) is -0.596. The molecule has 0 amide bonds. The van der Waals surface area contributed by atoms with Crippen molar-refractivity contribution in [2.45, 2.75) is 17.8 Å². The summed E-state index contributed by atoms with van der Waals surface area (Å²) in [6, 6.07) is 9.20. The fraction of sp³-hybridized carbons (Fsp3) is 0.250. The lowest BCUT2D eigenvalue weighted by molar-refractivity contribution is -0.275. The number of methoxy groups -OCH3 is 1. The Morgan fingerprint density at radius 1 is 1.12 bits per heavy atom. The van der Waals surface area contributed by atoms with E-state index < -0.39 is 27.0 Å². The van der Waals surface area contributed by atoms with E-state index in [4.69, 9.17) is 16.3 Å². The van der Waals surface area contributed by atoms with E-state index in [1.54, 1.807) is 12.1 Å². The number of nitrogens with zero attached hydrogens (tertiary/aromatic N) is 1. The smallest absolute Gasteiger partial charge is 0.496 e. The predicted octanol–water partition coefficient (Wildman–Crippen LogP) is 4.07. The molecule has 5 nitrogen and oxygen atoms in total. The van der Waals surface area contributed by atoms with Crippen molar-refractivity contribution in [3.05, 3.63) is 53.1 Å². The van der Waals surface area contributed by atoms with Crippen molar-refractivity contribution < 1.29 is 31.1 Å². The minimum atomic E-state index is -5.01. The number of hydrogen-bond acceptors (Lipinski definition) is 4. The van der Waals surface area contributed by atoms with E-state index in [1.807, 2.05) is 0 Å². The molecule has 142 valence electrons. The highest BCUT2D eigenvalue weighted by atomic mass is 35.5. The van der Waals surface area contributed by atoms with Gasteiger partial charge in [0, 0.05) is 24.2 Å². The lowest BCUT2D eigenvalue weighted by Gasteiger charge is -2.21. The topological polar surface area (TPSA) is 55.8 Å². The van der Waals surface area contributed by atoms with Gasteiger partial charge in [0.1, 0.15) is 16.4 Å². The van der Waals surface area contributed by atoms with Gasteiger partial charge < -0.3 is 9.47 Å². The Balaban J connectivity index is 2.38. The number of halogens is 4. The van der Waals surface area contributed by atoms with E-state index in [9.17, 15) is 21.6 Å². The molecule has 10 heteroatoms. The average Bonchev–Trinajstić information content (AvgIpc) is 2.54. The molecule has 0 heterocycles. The molecule has 0 saturated carbocycles. The molecule has 2 aromatic rings. The van der Waals surface area contributed by atoms with E-state index >= 15 is 0 Å². The van der Waals surface area contributed by atoms with Crippen LogP contribution in [0.4, 0.5) is 13.2 Å². The number of para-hydroxylation sites is 1. The van der Waals surface area contributed by atoms with Crippen molar-refractivity contribution in [1.82, 2.24) is 4.31 Å². The second-order valence-electron chi connectivity index (χ2n) is 5.21. The van der Waals surface area contributed by atoms with Crippen LogP contribution in [-0.4, -0.2) is 33.2 Å². The molecule has 0 bridgehead atoms. The number of benzene rings is 2. The summed E-state index contributed by atoms with van der Waals surface area (Å²) in [6.45, 7) is -0.160. The Bertz CT molecular complexity index is 887. The second kappa shape index (κ2) is 7.73. The molecule has 0 N–H and O–H groups in total. The summed E-state index contributed by atoms with van der Waals surface area (Å²) >= 11 is 5.92. The normalized spacial score (nSPS) is 12.3. The first-order valence-electron chi connectivity index (χ1n) is 7.18. The molecule has 0 spiro atoms. The van der Waals surface area contributed by atoms with Gasteiger partial charge in [0.05, 0.1) is 7.11 Å². The number of hydrogen-bond donors (Lipinski definition) is 0. The van der Waals surface area contributed by atoms with Crippen molar-refractivity contribution in [1.29, 1.82) is 0 Å². The van der Waals surface area contributed by atoms with Gasteiger partial charge in [-0.15, -0.1) is 13.2 Å². The van der Waals surface area contributed by atoms with Gasteiger partial charge in [0.15, 0.2) is 0 Å². The van der Waals surface area contributed by atoms with Crippen molar-refractivity contribution in [3.8, 4) is 11.5 Å². The summed E-state index contributed by atoms with van der Waals surface area (Å²) in [5.41, 5.74) is 0.459. The Morgan fingerprint density at radius 2 is 1.77 bits per heavy atom. The summed E-state index contributed by atoms with van der Waals surface area (Å²) in [5.74, 6) is -0.402. The highest BCUT2D eigenvalue weighted by Gasteiger charge is 2.35.